The average Bonchev–Trinajstić information content (AvgIpc) is 2.99. The van der Waals surface area contributed by atoms with E-state index in [1.165, 1.54) is 12.0 Å². The van der Waals surface area contributed by atoms with Crippen LogP contribution in [-0.4, -0.2) is 52.9 Å². The molecule has 0 aliphatic carbocycles. The van der Waals surface area contributed by atoms with Crippen LogP contribution >= 0.6 is 0 Å². The van der Waals surface area contributed by atoms with E-state index in [1.54, 1.807) is 12.4 Å². The van der Waals surface area contributed by atoms with E-state index in [2.05, 4.69) is 47.3 Å². The summed E-state index contributed by atoms with van der Waals surface area (Å²) in [5, 5.41) is 0. The fourth-order valence-corrected chi connectivity index (χ4v) is 4.54. The highest BCUT2D eigenvalue weighted by atomic mass is 16.2. The predicted molar refractivity (Wildman–Crippen MR) is 98.5 cm³/mol. The second-order valence-electron chi connectivity index (χ2n) is 7.45. The first-order valence-electron chi connectivity index (χ1n) is 9.13. The lowest BCUT2D eigenvalue weighted by Crippen LogP contribution is -2.52. The molecule has 1 amide bonds. The fraction of sp³-hybridized carbons (Fsp3) is 0.429. The molecule has 3 heterocycles. The molecule has 0 bridgehead atoms. The summed E-state index contributed by atoms with van der Waals surface area (Å²) in [6.07, 6.45) is 6.68. The normalized spacial score (nSPS) is 23.1. The van der Waals surface area contributed by atoms with Crippen molar-refractivity contribution in [2.45, 2.75) is 30.7 Å². The SMILES string of the molecule is CN1C[C@H](c2ccccc2)CC12CCN(C(=O)c1cccnc1)CC2. The molecule has 1 atom stereocenters. The van der Waals surface area contributed by atoms with Crippen LogP contribution in [0.15, 0.2) is 54.9 Å². The van der Waals surface area contributed by atoms with Gasteiger partial charge in [-0.3, -0.25) is 14.7 Å². The van der Waals surface area contributed by atoms with Gasteiger partial charge in [-0.25, -0.2) is 0 Å². The summed E-state index contributed by atoms with van der Waals surface area (Å²) in [6, 6.07) is 14.5. The van der Waals surface area contributed by atoms with Crippen LogP contribution in [0.5, 0.6) is 0 Å². The molecule has 25 heavy (non-hydrogen) atoms. The Morgan fingerprint density at radius 3 is 2.56 bits per heavy atom. The number of likely N-dealkylation sites (tertiary alicyclic amines) is 2. The van der Waals surface area contributed by atoms with Crippen LogP contribution in [0.25, 0.3) is 0 Å². The topological polar surface area (TPSA) is 36.4 Å². The van der Waals surface area contributed by atoms with Gasteiger partial charge in [-0.2, -0.15) is 0 Å². The van der Waals surface area contributed by atoms with Crippen molar-refractivity contribution in [2.24, 2.45) is 0 Å². The Morgan fingerprint density at radius 1 is 1.12 bits per heavy atom. The molecule has 4 rings (SSSR count). The van der Waals surface area contributed by atoms with Crippen LogP contribution in [0.3, 0.4) is 0 Å². The van der Waals surface area contributed by atoms with Gasteiger partial charge in [0, 0.05) is 37.6 Å². The second-order valence-corrected chi connectivity index (χ2v) is 7.45. The minimum Gasteiger partial charge on any atom is -0.338 e. The Labute approximate surface area is 149 Å². The van der Waals surface area contributed by atoms with Crippen molar-refractivity contribution >= 4 is 5.91 Å². The van der Waals surface area contributed by atoms with Crippen LogP contribution in [-0.2, 0) is 0 Å². The molecule has 2 fully saturated rings. The van der Waals surface area contributed by atoms with E-state index < -0.39 is 0 Å². The van der Waals surface area contributed by atoms with Gasteiger partial charge >= 0.3 is 0 Å². The third-order valence-electron chi connectivity index (χ3n) is 6.09. The highest BCUT2D eigenvalue weighted by Gasteiger charge is 2.46. The van der Waals surface area contributed by atoms with Gasteiger partial charge in [-0.05, 0) is 49.9 Å². The number of nitrogens with zero attached hydrogens (tertiary/aromatic N) is 3. The zero-order chi connectivity index (χ0) is 17.3. The molecular weight excluding hydrogens is 310 g/mol. The van der Waals surface area contributed by atoms with Gasteiger partial charge in [-0.1, -0.05) is 30.3 Å². The molecule has 0 radical (unpaired) electrons. The Balaban J connectivity index is 1.43. The lowest BCUT2D eigenvalue weighted by Gasteiger charge is -2.43. The molecule has 4 nitrogen and oxygen atoms in total. The number of rotatable bonds is 2. The van der Waals surface area contributed by atoms with E-state index in [1.807, 2.05) is 17.0 Å². The number of amides is 1. The predicted octanol–water partition coefficient (Wildman–Crippen LogP) is 3.18. The summed E-state index contributed by atoms with van der Waals surface area (Å²) >= 11 is 0. The maximum Gasteiger partial charge on any atom is 0.255 e. The van der Waals surface area contributed by atoms with E-state index >= 15 is 0 Å². The highest BCUT2D eigenvalue weighted by molar-refractivity contribution is 5.93. The lowest BCUT2D eigenvalue weighted by molar-refractivity contribution is 0.0492. The number of likely N-dealkylation sites (N-methyl/N-ethyl adjacent to an activating group) is 1. The van der Waals surface area contributed by atoms with Crippen LogP contribution in [0.2, 0.25) is 0 Å². The Hall–Kier alpha value is -2.20. The summed E-state index contributed by atoms with van der Waals surface area (Å²) in [4.78, 5) is 21.2. The largest absolute Gasteiger partial charge is 0.338 e. The van der Waals surface area contributed by atoms with Crippen LogP contribution in [0.4, 0.5) is 0 Å². The Bertz CT molecular complexity index is 723. The van der Waals surface area contributed by atoms with E-state index in [-0.39, 0.29) is 11.4 Å². The molecule has 4 heteroatoms. The first kappa shape index (κ1) is 16.3. The summed E-state index contributed by atoms with van der Waals surface area (Å²) < 4.78 is 0. The highest BCUT2D eigenvalue weighted by Crippen LogP contribution is 2.44. The van der Waals surface area contributed by atoms with Crippen molar-refractivity contribution in [3.05, 3.63) is 66.0 Å². The number of pyridine rings is 1. The number of carbonyl (C=O) groups excluding carboxylic acids is 1. The van der Waals surface area contributed by atoms with Gasteiger partial charge < -0.3 is 4.90 Å². The number of aromatic nitrogens is 1. The zero-order valence-corrected chi connectivity index (χ0v) is 14.8. The summed E-state index contributed by atoms with van der Waals surface area (Å²) in [7, 11) is 2.25. The van der Waals surface area contributed by atoms with E-state index in [0.29, 0.717) is 11.5 Å². The molecular formula is C21H25N3O. The standard InChI is InChI=1S/C21H25N3O/c1-23-16-19(17-6-3-2-4-7-17)14-21(23)9-12-24(13-10-21)20(25)18-8-5-11-22-15-18/h2-8,11,15,19H,9-10,12-14,16H2,1H3/t19-/m1/s1. The minimum absolute atomic E-state index is 0.114. The molecule has 2 aliphatic rings. The van der Waals surface area contributed by atoms with Gasteiger partial charge in [0.15, 0.2) is 0 Å². The number of hydrogen-bond donors (Lipinski definition) is 0. The molecule has 1 aromatic carbocycles. The van der Waals surface area contributed by atoms with Gasteiger partial charge in [-0.15, -0.1) is 0 Å². The number of piperidine rings is 1. The third-order valence-corrected chi connectivity index (χ3v) is 6.09. The first-order chi connectivity index (χ1) is 12.2. The second kappa shape index (κ2) is 6.60. The van der Waals surface area contributed by atoms with Crippen molar-refractivity contribution in [3.8, 4) is 0 Å². The molecule has 0 N–H and O–H groups in total. The monoisotopic (exact) mass is 335 g/mol. The molecule has 1 aromatic heterocycles. The third kappa shape index (κ3) is 3.07. The van der Waals surface area contributed by atoms with Gasteiger partial charge in [0.25, 0.3) is 5.91 Å². The number of benzene rings is 1. The van der Waals surface area contributed by atoms with Crippen LogP contribution < -0.4 is 0 Å². The quantitative estimate of drug-likeness (QED) is 0.846. The maximum absolute atomic E-state index is 12.6. The lowest BCUT2D eigenvalue weighted by atomic mass is 9.81. The maximum atomic E-state index is 12.6. The van der Waals surface area contributed by atoms with E-state index in [4.69, 9.17) is 0 Å². The molecule has 2 saturated heterocycles. The van der Waals surface area contributed by atoms with Crippen molar-refractivity contribution in [1.29, 1.82) is 0 Å². The molecule has 0 saturated carbocycles. The van der Waals surface area contributed by atoms with Gasteiger partial charge in [0.1, 0.15) is 0 Å². The summed E-state index contributed by atoms with van der Waals surface area (Å²) in [5.41, 5.74) is 2.38. The average molecular weight is 335 g/mol. The smallest absolute Gasteiger partial charge is 0.255 e. The molecule has 2 aromatic rings. The van der Waals surface area contributed by atoms with Crippen LogP contribution in [0, 0.1) is 0 Å². The molecule has 2 aliphatic heterocycles. The Morgan fingerprint density at radius 2 is 1.88 bits per heavy atom. The Kier molecular flexibility index (Phi) is 4.30. The first-order valence-corrected chi connectivity index (χ1v) is 9.13. The molecule has 1 spiro atoms. The fourth-order valence-electron chi connectivity index (χ4n) is 4.54. The van der Waals surface area contributed by atoms with Crippen molar-refractivity contribution < 1.29 is 4.79 Å². The van der Waals surface area contributed by atoms with Crippen molar-refractivity contribution in [2.75, 3.05) is 26.7 Å². The van der Waals surface area contributed by atoms with Gasteiger partial charge in [0.2, 0.25) is 0 Å². The van der Waals surface area contributed by atoms with E-state index in [0.717, 1.165) is 32.5 Å². The minimum atomic E-state index is 0.114. The number of carbonyl (C=O) groups is 1. The van der Waals surface area contributed by atoms with Crippen molar-refractivity contribution in [1.82, 2.24) is 14.8 Å². The summed E-state index contributed by atoms with van der Waals surface area (Å²) in [6.45, 7) is 2.78. The van der Waals surface area contributed by atoms with Crippen LogP contribution in [0.1, 0.15) is 41.1 Å². The number of hydrogen-bond acceptors (Lipinski definition) is 3. The van der Waals surface area contributed by atoms with Crippen molar-refractivity contribution in [3.63, 3.8) is 0 Å². The summed E-state index contributed by atoms with van der Waals surface area (Å²) in [5.74, 6) is 0.718. The van der Waals surface area contributed by atoms with E-state index in [9.17, 15) is 4.79 Å². The zero-order valence-electron chi connectivity index (χ0n) is 14.8. The van der Waals surface area contributed by atoms with Gasteiger partial charge in [0.05, 0.1) is 5.56 Å². The molecule has 0 unspecified atom stereocenters. The molecule has 130 valence electrons.